The lowest BCUT2D eigenvalue weighted by Crippen LogP contribution is -2.16. The van der Waals surface area contributed by atoms with Crippen LogP contribution in [0.4, 0.5) is 5.69 Å². The van der Waals surface area contributed by atoms with E-state index in [1.54, 1.807) is 18.3 Å². The summed E-state index contributed by atoms with van der Waals surface area (Å²) in [7, 11) is -2.41. The Labute approximate surface area is 161 Å². The van der Waals surface area contributed by atoms with Crippen molar-refractivity contribution >= 4 is 33.1 Å². The van der Waals surface area contributed by atoms with Gasteiger partial charge in [0.2, 0.25) is 0 Å². The molecule has 3 rings (SSSR count). The summed E-state index contributed by atoms with van der Waals surface area (Å²) >= 11 is 6.01. The molecule has 2 aromatic carbocycles. The van der Waals surface area contributed by atoms with Crippen LogP contribution >= 0.6 is 11.6 Å². The van der Waals surface area contributed by atoms with E-state index in [1.807, 2.05) is 0 Å². The number of hydrogen-bond donors (Lipinski definition) is 1. The maximum Gasteiger partial charge on any atom is 0.261 e. The highest BCUT2D eigenvalue weighted by molar-refractivity contribution is 7.92. The predicted octanol–water partition coefficient (Wildman–Crippen LogP) is 3.78. The van der Waals surface area contributed by atoms with Gasteiger partial charge >= 0.3 is 0 Å². The number of ketones is 1. The van der Waals surface area contributed by atoms with Gasteiger partial charge in [-0.3, -0.25) is 14.5 Å². The molecule has 1 N–H and O–H groups in total. The number of nitrogens with one attached hydrogen (secondary N) is 1. The first-order valence-electron chi connectivity index (χ1n) is 7.82. The van der Waals surface area contributed by atoms with Crippen LogP contribution in [0.5, 0.6) is 5.75 Å². The molecule has 0 saturated carbocycles. The van der Waals surface area contributed by atoms with Crippen molar-refractivity contribution in [1.29, 1.82) is 0 Å². The number of pyridine rings is 1. The summed E-state index contributed by atoms with van der Waals surface area (Å²) in [5, 5.41) is 0.314. The van der Waals surface area contributed by atoms with Gasteiger partial charge in [0.05, 0.1) is 17.7 Å². The van der Waals surface area contributed by atoms with Gasteiger partial charge in [-0.05, 0) is 54.6 Å². The molecule has 27 heavy (non-hydrogen) atoms. The van der Waals surface area contributed by atoms with Crippen LogP contribution in [0, 0.1) is 0 Å². The number of hydrogen-bond acceptors (Lipinski definition) is 5. The molecule has 0 fully saturated rings. The fourth-order valence-electron chi connectivity index (χ4n) is 2.40. The molecule has 0 unspecified atom stereocenters. The zero-order valence-corrected chi connectivity index (χ0v) is 15.8. The molecule has 6 nitrogen and oxygen atoms in total. The van der Waals surface area contributed by atoms with Gasteiger partial charge in [-0.25, -0.2) is 8.42 Å². The molecule has 1 heterocycles. The number of halogens is 1. The van der Waals surface area contributed by atoms with Crippen molar-refractivity contribution in [3.63, 3.8) is 0 Å². The minimum absolute atomic E-state index is 0.0398. The van der Waals surface area contributed by atoms with Gasteiger partial charge in [-0.15, -0.1) is 0 Å². The molecular weight excluding hydrogens is 388 g/mol. The molecule has 1 aromatic heterocycles. The van der Waals surface area contributed by atoms with E-state index in [0.29, 0.717) is 16.3 Å². The van der Waals surface area contributed by atoms with Crippen LogP contribution in [0.15, 0.2) is 71.9 Å². The largest absolute Gasteiger partial charge is 0.497 e. The van der Waals surface area contributed by atoms with Gasteiger partial charge < -0.3 is 4.74 Å². The van der Waals surface area contributed by atoms with Crippen LogP contribution in [-0.2, 0) is 10.0 Å². The maximum atomic E-state index is 12.8. The first kappa shape index (κ1) is 18.9. The molecule has 8 heteroatoms. The van der Waals surface area contributed by atoms with E-state index in [2.05, 4.69) is 9.71 Å². The van der Waals surface area contributed by atoms with Crippen LogP contribution in [-0.4, -0.2) is 26.3 Å². The summed E-state index contributed by atoms with van der Waals surface area (Å²) in [6.07, 6.45) is 2.95. The summed E-state index contributed by atoms with van der Waals surface area (Å²) in [4.78, 5) is 16.7. The first-order chi connectivity index (χ1) is 12.9. The van der Waals surface area contributed by atoms with E-state index >= 15 is 0 Å². The third kappa shape index (κ3) is 4.27. The summed E-state index contributed by atoms with van der Waals surface area (Å²) in [5.74, 6) is 0.144. The number of nitrogens with zero attached hydrogens (tertiary/aromatic N) is 1. The molecular formula is C19H15ClN2O4S. The van der Waals surface area contributed by atoms with E-state index in [4.69, 9.17) is 16.3 Å². The molecule has 0 radical (unpaired) electrons. The average Bonchev–Trinajstić information content (AvgIpc) is 2.69. The third-order valence-corrected chi connectivity index (χ3v) is 5.38. The van der Waals surface area contributed by atoms with Crippen LogP contribution in [0.1, 0.15) is 15.9 Å². The lowest BCUT2D eigenvalue weighted by molar-refractivity contribution is 0.103. The number of ether oxygens (including phenoxy) is 1. The molecule has 0 aliphatic heterocycles. The number of carbonyl (C=O) groups is 1. The second kappa shape index (κ2) is 7.77. The number of carbonyl (C=O) groups excluding carboxylic acids is 1. The lowest BCUT2D eigenvalue weighted by Gasteiger charge is -2.13. The van der Waals surface area contributed by atoms with Gasteiger partial charge in [0.1, 0.15) is 5.75 Å². The zero-order valence-electron chi connectivity index (χ0n) is 14.2. The highest BCUT2D eigenvalue weighted by Gasteiger charge is 2.20. The molecule has 0 saturated heterocycles. The van der Waals surface area contributed by atoms with Gasteiger partial charge in [0.25, 0.3) is 10.0 Å². The highest BCUT2D eigenvalue weighted by atomic mass is 35.5. The van der Waals surface area contributed by atoms with Crippen molar-refractivity contribution in [2.75, 3.05) is 11.8 Å². The number of aromatic nitrogens is 1. The van der Waals surface area contributed by atoms with E-state index in [-0.39, 0.29) is 16.1 Å². The minimum atomic E-state index is -3.91. The number of benzene rings is 2. The third-order valence-electron chi connectivity index (χ3n) is 3.76. The van der Waals surface area contributed by atoms with Crippen LogP contribution < -0.4 is 9.46 Å². The summed E-state index contributed by atoms with van der Waals surface area (Å²) in [5.41, 5.74) is 0.585. The number of methoxy groups -OCH3 is 1. The summed E-state index contributed by atoms with van der Waals surface area (Å²) in [6, 6.07) is 13.5. The highest BCUT2D eigenvalue weighted by Crippen LogP contribution is 2.26. The van der Waals surface area contributed by atoms with E-state index in [1.165, 1.54) is 55.8 Å². The van der Waals surface area contributed by atoms with Gasteiger partial charge in [-0.1, -0.05) is 11.6 Å². The Hall–Kier alpha value is -2.90. The predicted molar refractivity (Wildman–Crippen MR) is 103 cm³/mol. The molecule has 0 amide bonds. The molecule has 138 valence electrons. The molecule has 0 atom stereocenters. The molecule has 0 aliphatic carbocycles. The van der Waals surface area contributed by atoms with Gasteiger partial charge in [-0.2, -0.15) is 0 Å². The van der Waals surface area contributed by atoms with Crippen LogP contribution in [0.3, 0.4) is 0 Å². The fraction of sp³-hybridized carbons (Fsp3) is 0.0526. The molecule has 3 aromatic rings. The Kier molecular flexibility index (Phi) is 5.43. The lowest BCUT2D eigenvalue weighted by atomic mass is 10.0. The monoisotopic (exact) mass is 402 g/mol. The second-order valence-electron chi connectivity index (χ2n) is 5.54. The SMILES string of the molecule is COc1ccc(S(=O)(=O)Nc2ccc(Cl)cc2C(=O)c2cccnc2)cc1. The van der Waals surface area contributed by atoms with Gasteiger partial charge in [0, 0.05) is 28.5 Å². The fourth-order valence-corrected chi connectivity index (χ4v) is 3.66. The quantitative estimate of drug-likeness (QED) is 0.634. The molecule has 0 aliphatic rings. The number of sulfonamides is 1. The zero-order chi connectivity index (χ0) is 19.4. The van der Waals surface area contributed by atoms with Crippen molar-refractivity contribution in [3.8, 4) is 5.75 Å². The van der Waals surface area contributed by atoms with Crippen LogP contribution in [0.2, 0.25) is 5.02 Å². The van der Waals surface area contributed by atoms with Crippen molar-refractivity contribution < 1.29 is 17.9 Å². The number of rotatable bonds is 6. The Morgan fingerprint density at radius 2 is 1.85 bits per heavy atom. The van der Waals surface area contributed by atoms with Crippen LogP contribution in [0.25, 0.3) is 0 Å². The normalized spacial score (nSPS) is 11.0. The Morgan fingerprint density at radius 1 is 1.11 bits per heavy atom. The van der Waals surface area contributed by atoms with Crippen molar-refractivity contribution in [1.82, 2.24) is 4.98 Å². The topological polar surface area (TPSA) is 85.4 Å². The van der Waals surface area contributed by atoms with Crippen molar-refractivity contribution in [2.45, 2.75) is 4.90 Å². The Bertz CT molecular complexity index is 1070. The maximum absolute atomic E-state index is 12.8. The van der Waals surface area contributed by atoms with E-state index in [0.717, 1.165) is 0 Å². The Morgan fingerprint density at radius 3 is 2.48 bits per heavy atom. The van der Waals surface area contributed by atoms with E-state index < -0.39 is 15.8 Å². The van der Waals surface area contributed by atoms with Crippen molar-refractivity contribution in [3.05, 3.63) is 83.1 Å². The summed E-state index contributed by atoms with van der Waals surface area (Å²) in [6.45, 7) is 0. The molecule has 0 spiro atoms. The van der Waals surface area contributed by atoms with Gasteiger partial charge in [0.15, 0.2) is 5.78 Å². The standard InChI is InChI=1S/C19H15ClN2O4S/c1-26-15-5-7-16(8-6-15)27(24,25)22-18-9-4-14(20)11-17(18)19(23)13-3-2-10-21-12-13/h2-12,22H,1H3. The first-order valence-corrected chi connectivity index (χ1v) is 9.68. The summed E-state index contributed by atoms with van der Waals surface area (Å²) < 4.78 is 32.9. The average molecular weight is 403 g/mol. The second-order valence-corrected chi connectivity index (χ2v) is 7.66. The molecule has 0 bridgehead atoms. The minimum Gasteiger partial charge on any atom is -0.497 e. The Balaban J connectivity index is 1.98. The number of anilines is 1. The van der Waals surface area contributed by atoms with E-state index in [9.17, 15) is 13.2 Å². The smallest absolute Gasteiger partial charge is 0.261 e. The van der Waals surface area contributed by atoms with Crippen molar-refractivity contribution in [2.24, 2.45) is 0 Å².